The fourth-order valence-electron chi connectivity index (χ4n) is 3.18. The molecule has 0 spiro atoms. The molecule has 1 atom stereocenters. The lowest BCUT2D eigenvalue weighted by Gasteiger charge is -2.21. The molecule has 4 rings (SSSR count). The van der Waals surface area contributed by atoms with Gasteiger partial charge in [0.15, 0.2) is 6.23 Å². The summed E-state index contributed by atoms with van der Waals surface area (Å²) in [7, 11) is 1.66. The van der Waals surface area contributed by atoms with Gasteiger partial charge in [-0.05, 0) is 35.4 Å². The lowest BCUT2D eigenvalue weighted by Crippen LogP contribution is -2.23. The second kappa shape index (κ2) is 7.85. The van der Waals surface area contributed by atoms with Crippen molar-refractivity contribution < 1.29 is 13.9 Å². The number of hydrogen-bond acceptors (Lipinski definition) is 5. The third-order valence-corrected chi connectivity index (χ3v) is 4.60. The molecule has 2 aromatic carbocycles. The van der Waals surface area contributed by atoms with Crippen LogP contribution in [0.5, 0.6) is 5.75 Å². The minimum absolute atomic E-state index is 0.214. The Kier molecular flexibility index (Phi) is 5.13. The van der Waals surface area contributed by atoms with E-state index in [4.69, 9.17) is 9.47 Å². The summed E-state index contributed by atoms with van der Waals surface area (Å²) in [5.41, 5.74) is 2.93. The third-order valence-electron chi connectivity index (χ3n) is 4.60. The van der Waals surface area contributed by atoms with Crippen molar-refractivity contribution in [2.75, 3.05) is 20.3 Å². The average Bonchev–Trinajstić information content (AvgIpc) is 3.33. The van der Waals surface area contributed by atoms with E-state index in [1.807, 2.05) is 18.3 Å². The van der Waals surface area contributed by atoms with E-state index in [2.05, 4.69) is 27.3 Å². The Hall–Kier alpha value is -2.77. The Bertz CT molecular complexity index is 880. The van der Waals surface area contributed by atoms with E-state index in [-0.39, 0.29) is 12.0 Å². The highest BCUT2D eigenvalue weighted by Crippen LogP contribution is 2.27. The predicted octanol–water partition coefficient (Wildman–Crippen LogP) is 3.01. The Morgan fingerprint density at radius 3 is 2.52 bits per heavy atom. The fourth-order valence-corrected chi connectivity index (χ4v) is 3.18. The van der Waals surface area contributed by atoms with Crippen LogP contribution in [-0.2, 0) is 17.8 Å². The monoisotopic (exact) mass is 368 g/mol. The van der Waals surface area contributed by atoms with Gasteiger partial charge in [0.05, 0.1) is 26.5 Å². The smallest absolute Gasteiger partial charge is 0.157 e. The van der Waals surface area contributed by atoms with E-state index in [0.29, 0.717) is 13.2 Å². The first-order chi connectivity index (χ1) is 13.2. The molecule has 0 N–H and O–H groups in total. The molecule has 27 heavy (non-hydrogen) atoms. The quantitative estimate of drug-likeness (QED) is 0.670. The summed E-state index contributed by atoms with van der Waals surface area (Å²) >= 11 is 0. The number of aromatic nitrogens is 3. The molecule has 3 aromatic rings. The number of halogens is 1. The normalized spacial score (nSPS) is 17.3. The van der Waals surface area contributed by atoms with Gasteiger partial charge in [-0.25, -0.2) is 9.07 Å². The van der Waals surface area contributed by atoms with Crippen molar-refractivity contribution >= 4 is 0 Å². The lowest BCUT2D eigenvalue weighted by molar-refractivity contribution is 0.0252. The highest BCUT2D eigenvalue weighted by Gasteiger charge is 2.29. The maximum atomic E-state index is 13.0. The van der Waals surface area contributed by atoms with Crippen molar-refractivity contribution in [3.8, 4) is 5.75 Å². The largest absolute Gasteiger partial charge is 0.497 e. The highest BCUT2D eigenvalue weighted by molar-refractivity contribution is 5.27. The van der Waals surface area contributed by atoms with Crippen LogP contribution < -0.4 is 4.74 Å². The second-order valence-electron chi connectivity index (χ2n) is 6.51. The molecule has 1 aliphatic heterocycles. The van der Waals surface area contributed by atoms with Gasteiger partial charge in [0.2, 0.25) is 0 Å². The molecule has 140 valence electrons. The zero-order chi connectivity index (χ0) is 18.6. The molecule has 0 amide bonds. The molecular weight excluding hydrogens is 347 g/mol. The molecule has 0 bridgehead atoms. The zero-order valence-electron chi connectivity index (χ0n) is 15.1. The van der Waals surface area contributed by atoms with E-state index in [1.165, 1.54) is 17.7 Å². The first-order valence-corrected chi connectivity index (χ1v) is 8.84. The highest BCUT2D eigenvalue weighted by atomic mass is 19.1. The van der Waals surface area contributed by atoms with Crippen LogP contribution in [0.4, 0.5) is 4.39 Å². The van der Waals surface area contributed by atoms with Crippen LogP contribution >= 0.6 is 0 Å². The number of benzene rings is 2. The number of hydrogen-bond donors (Lipinski definition) is 0. The Morgan fingerprint density at radius 2 is 1.78 bits per heavy atom. The predicted molar refractivity (Wildman–Crippen MR) is 97.6 cm³/mol. The van der Waals surface area contributed by atoms with Crippen LogP contribution in [0, 0.1) is 5.82 Å². The zero-order valence-corrected chi connectivity index (χ0v) is 15.1. The van der Waals surface area contributed by atoms with E-state index in [9.17, 15) is 4.39 Å². The summed E-state index contributed by atoms with van der Waals surface area (Å²) in [6.45, 7) is 2.80. The third kappa shape index (κ3) is 4.15. The van der Waals surface area contributed by atoms with Gasteiger partial charge in [0, 0.05) is 13.1 Å². The van der Waals surface area contributed by atoms with E-state index in [1.54, 1.807) is 23.9 Å². The van der Waals surface area contributed by atoms with Crippen molar-refractivity contribution in [2.45, 2.75) is 19.3 Å². The fraction of sp³-hybridized carbons (Fsp3) is 0.300. The summed E-state index contributed by atoms with van der Waals surface area (Å²) in [5.74, 6) is 0.600. The molecule has 7 heteroatoms. The van der Waals surface area contributed by atoms with Crippen molar-refractivity contribution in [1.29, 1.82) is 0 Å². The topological polar surface area (TPSA) is 52.4 Å². The van der Waals surface area contributed by atoms with Gasteiger partial charge in [-0.3, -0.25) is 4.90 Å². The Labute approximate surface area is 157 Å². The number of methoxy groups -OCH3 is 1. The molecule has 0 aliphatic carbocycles. The molecule has 1 aromatic heterocycles. The molecular formula is C20H21FN4O2. The summed E-state index contributed by atoms with van der Waals surface area (Å²) < 4.78 is 25.9. The van der Waals surface area contributed by atoms with Gasteiger partial charge in [-0.1, -0.05) is 29.5 Å². The maximum Gasteiger partial charge on any atom is 0.157 e. The van der Waals surface area contributed by atoms with Crippen molar-refractivity contribution in [2.24, 2.45) is 0 Å². The Balaban J connectivity index is 1.43. The van der Waals surface area contributed by atoms with Gasteiger partial charge in [0.25, 0.3) is 0 Å². The number of rotatable bonds is 6. The first kappa shape index (κ1) is 17.6. The SMILES string of the molecule is COc1ccc(CN2CCOC2c2cn(Cc3ccc(F)cc3)nn2)cc1. The number of ether oxygens (including phenoxy) is 2. The van der Waals surface area contributed by atoms with Crippen LogP contribution in [-0.4, -0.2) is 40.2 Å². The van der Waals surface area contributed by atoms with Gasteiger partial charge >= 0.3 is 0 Å². The van der Waals surface area contributed by atoms with Crippen molar-refractivity contribution in [3.05, 3.63) is 77.4 Å². The molecule has 1 fully saturated rings. The van der Waals surface area contributed by atoms with Gasteiger partial charge in [-0.2, -0.15) is 0 Å². The summed E-state index contributed by atoms with van der Waals surface area (Å²) in [5, 5.41) is 8.48. The second-order valence-corrected chi connectivity index (χ2v) is 6.51. The number of nitrogens with zero attached hydrogens (tertiary/aromatic N) is 4. The molecule has 2 heterocycles. The molecule has 0 saturated carbocycles. The van der Waals surface area contributed by atoms with Crippen LogP contribution in [0.1, 0.15) is 23.0 Å². The van der Waals surface area contributed by atoms with Crippen molar-refractivity contribution in [3.63, 3.8) is 0 Å². The summed E-state index contributed by atoms with van der Waals surface area (Å²) in [6, 6.07) is 14.4. The van der Waals surface area contributed by atoms with E-state index < -0.39 is 0 Å². The lowest BCUT2D eigenvalue weighted by atomic mass is 10.2. The summed E-state index contributed by atoms with van der Waals surface area (Å²) in [4.78, 5) is 2.23. The van der Waals surface area contributed by atoms with E-state index >= 15 is 0 Å². The van der Waals surface area contributed by atoms with Crippen LogP contribution in [0.15, 0.2) is 54.7 Å². The van der Waals surface area contributed by atoms with Crippen LogP contribution in [0.3, 0.4) is 0 Å². The molecule has 1 aliphatic rings. The molecule has 1 saturated heterocycles. The molecule has 6 nitrogen and oxygen atoms in total. The minimum atomic E-state index is -0.244. The summed E-state index contributed by atoms with van der Waals surface area (Å²) in [6.07, 6.45) is 1.68. The maximum absolute atomic E-state index is 13.0. The minimum Gasteiger partial charge on any atom is -0.497 e. The Morgan fingerprint density at radius 1 is 1.07 bits per heavy atom. The van der Waals surface area contributed by atoms with Crippen molar-refractivity contribution in [1.82, 2.24) is 19.9 Å². The van der Waals surface area contributed by atoms with E-state index in [0.717, 1.165) is 30.1 Å². The van der Waals surface area contributed by atoms with Crippen LogP contribution in [0.25, 0.3) is 0 Å². The first-order valence-electron chi connectivity index (χ1n) is 8.84. The molecule has 0 radical (unpaired) electrons. The molecule has 1 unspecified atom stereocenters. The van der Waals surface area contributed by atoms with Gasteiger partial charge < -0.3 is 9.47 Å². The van der Waals surface area contributed by atoms with Crippen LogP contribution in [0.2, 0.25) is 0 Å². The average molecular weight is 368 g/mol. The van der Waals surface area contributed by atoms with Gasteiger partial charge in [-0.15, -0.1) is 5.10 Å². The standard InChI is InChI=1S/C20H21FN4O2/c1-26-18-8-4-15(5-9-18)12-24-10-11-27-20(24)19-14-25(23-22-19)13-16-2-6-17(21)7-3-16/h2-9,14,20H,10-13H2,1H3. The van der Waals surface area contributed by atoms with Gasteiger partial charge in [0.1, 0.15) is 17.3 Å².